The Hall–Kier alpha value is -8.96. The Bertz CT molecular complexity index is 4370. The molecule has 0 amide bonds. The van der Waals surface area contributed by atoms with Gasteiger partial charge in [-0.1, -0.05) is 172 Å². The maximum Gasteiger partial charge on any atom is 0.135 e. The third kappa shape index (κ3) is 8.45. The molecule has 0 aliphatic carbocycles. The second kappa shape index (κ2) is 19.6. The minimum absolute atomic E-state index is 0. The number of pyridine rings is 1. The molecule has 14 rings (SSSR count). The molecule has 10 aromatic carbocycles. The summed E-state index contributed by atoms with van der Waals surface area (Å²) >= 11 is 0. The van der Waals surface area contributed by atoms with Crippen LogP contribution < -0.4 is 14.5 Å². The van der Waals surface area contributed by atoms with Gasteiger partial charge in [-0.15, -0.1) is 48.1 Å². The Morgan fingerprint density at radius 3 is 1.87 bits per heavy atom. The number of hydrogen-bond acceptors (Lipinski definition) is 4. The second-order valence-electron chi connectivity index (χ2n) is 21.0. The van der Waals surface area contributed by atoms with Crippen LogP contribution in [0.25, 0.3) is 88.5 Å². The first-order valence-corrected chi connectivity index (χ1v) is 26.3. The molecule has 0 unspecified atom stereocenters. The largest absolute Gasteiger partial charge is 0.509 e. The molecule has 7 heteroatoms. The monoisotopic (exact) mass is 1190 g/mol. The van der Waals surface area contributed by atoms with E-state index in [1.807, 2.05) is 24.4 Å². The number of para-hydroxylation sites is 3. The van der Waals surface area contributed by atoms with E-state index in [2.05, 4.69) is 278 Å². The number of aromatic nitrogens is 3. The summed E-state index contributed by atoms with van der Waals surface area (Å²) in [6.45, 7) is 11.1. The van der Waals surface area contributed by atoms with Gasteiger partial charge in [-0.05, 0) is 106 Å². The number of rotatable bonds is 9. The van der Waals surface area contributed by atoms with Crippen LogP contribution in [0.15, 0.2) is 237 Å². The van der Waals surface area contributed by atoms with Crippen LogP contribution in [0.4, 0.5) is 22.7 Å². The van der Waals surface area contributed by atoms with Crippen molar-refractivity contribution in [3.05, 3.63) is 267 Å². The minimum atomic E-state index is -0.0138. The molecule has 0 fully saturated rings. The van der Waals surface area contributed by atoms with E-state index in [9.17, 15) is 0 Å². The first-order chi connectivity index (χ1) is 37.7. The Kier molecular flexibility index (Phi) is 12.2. The third-order valence-corrected chi connectivity index (χ3v) is 15.1. The van der Waals surface area contributed by atoms with Crippen LogP contribution in [0.5, 0.6) is 11.5 Å². The fourth-order valence-corrected chi connectivity index (χ4v) is 11.3. The van der Waals surface area contributed by atoms with E-state index < -0.39 is 0 Å². The van der Waals surface area contributed by atoms with Crippen molar-refractivity contribution in [2.24, 2.45) is 0 Å². The van der Waals surface area contributed by atoms with Gasteiger partial charge < -0.3 is 23.7 Å². The molecule has 0 bridgehead atoms. The molecule has 1 aliphatic heterocycles. The quantitative estimate of drug-likeness (QED) is 0.135. The van der Waals surface area contributed by atoms with Gasteiger partial charge in [0.1, 0.15) is 5.82 Å². The van der Waals surface area contributed by atoms with Crippen molar-refractivity contribution in [2.75, 3.05) is 9.80 Å². The summed E-state index contributed by atoms with van der Waals surface area (Å²) in [5.74, 6) is 1.96. The van der Waals surface area contributed by atoms with Gasteiger partial charge in [-0.25, -0.2) is 4.98 Å². The van der Waals surface area contributed by atoms with Crippen molar-refractivity contribution in [2.45, 2.75) is 33.1 Å². The van der Waals surface area contributed by atoms with Gasteiger partial charge in [0.15, 0.2) is 0 Å². The first-order valence-electron chi connectivity index (χ1n) is 26.3. The zero-order valence-corrected chi connectivity index (χ0v) is 45.8. The molecule has 0 N–H and O–H groups in total. The van der Waals surface area contributed by atoms with Crippen molar-refractivity contribution in [1.82, 2.24) is 14.1 Å². The van der Waals surface area contributed by atoms with Crippen LogP contribution >= 0.6 is 0 Å². The third-order valence-electron chi connectivity index (χ3n) is 15.1. The molecule has 0 saturated heterocycles. The fourth-order valence-electron chi connectivity index (χ4n) is 11.3. The molecule has 380 valence electrons. The topological polar surface area (TPSA) is 38.5 Å². The van der Waals surface area contributed by atoms with Gasteiger partial charge in [0.2, 0.25) is 0 Å². The van der Waals surface area contributed by atoms with E-state index in [0.29, 0.717) is 11.5 Å². The summed E-state index contributed by atoms with van der Waals surface area (Å²) in [4.78, 5) is 9.79. The first kappa shape index (κ1) is 48.7. The predicted molar refractivity (Wildman–Crippen MR) is 318 cm³/mol. The normalized spacial score (nSPS) is 12.4. The summed E-state index contributed by atoms with van der Waals surface area (Å²) in [5.41, 5.74) is 18.6. The van der Waals surface area contributed by atoms with Gasteiger partial charge in [0.05, 0.1) is 11.0 Å². The van der Waals surface area contributed by atoms with E-state index in [0.717, 1.165) is 95.0 Å². The standard InChI is InChI=1S/C71H52N5O.Pt/c1-47-39-69(72-45-63(47)51-23-15-27-55(40-51)75-64-32-13-11-29-59(64)60-30-12-14-33-65(60)75)76-66-38-35-50(48-19-7-5-8-20-48)41-62(66)61-37-36-57(44-68(61)76)77-56-28-17-26-54(43-56)73-46-74(53-25-16-24-52(42-53)71(2,3)4)70-58(31-18-34-67(70)73)49-21-9-6-10-22-49;/h5-42,45-46H,1-4H3;/q-3;. The Morgan fingerprint density at radius 1 is 0.462 bits per heavy atom. The van der Waals surface area contributed by atoms with Gasteiger partial charge >= 0.3 is 0 Å². The van der Waals surface area contributed by atoms with E-state index in [1.165, 1.54) is 27.4 Å². The zero-order chi connectivity index (χ0) is 51.8. The van der Waals surface area contributed by atoms with Gasteiger partial charge in [0, 0.05) is 88.9 Å². The summed E-state index contributed by atoms with van der Waals surface area (Å²) in [5, 5.41) is 4.64. The van der Waals surface area contributed by atoms with Crippen LogP contribution in [0.3, 0.4) is 0 Å². The molecular formula is C71H52N5OPt-3. The molecule has 0 radical (unpaired) electrons. The van der Waals surface area contributed by atoms with Crippen LogP contribution in [-0.4, -0.2) is 14.1 Å². The molecule has 0 spiro atoms. The minimum Gasteiger partial charge on any atom is -0.509 e. The number of aryl methyl sites for hydroxylation is 1. The number of hydrogen-bond donors (Lipinski definition) is 0. The molecule has 13 aromatic rings. The Morgan fingerprint density at radius 2 is 1.12 bits per heavy atom. The number of anilines is 4. The van der Waals surface area contributed by atoms with Crippen molar-refractivity contribution in [3.8, 4) is 56.4 Å². The molecule has 4 heterocycles. The van der Waals surface area contributed by atoms with Crippen LogP contribution in [0.1, 0.15) is 31.9 Å². The van der Waals surface area contributed by atoms with Crippen LogP contribution in [0.2, 0.25) is 0 Å². The van der Waals surface area contributed by atoms with Crippen molar-refractivity contribution >= 4 is 66.4 Å². The van der Waals surface area contributed by atoms with E-state index in [4.69, 9.17) is 9.72 Å². The van der Waals surface area contributed by atoms with Crippen LogP contribution in [0, 0.1) is 25.7 Å². The Labute approximate surface area is 469 Å². The summed E-state index contributed by atoms with van der Waals surface area (Å²) < 4.78 is 11.4. The Balaban J connectivity index is 0.00000579. The van der Waals surface area contributed by atoms with E-state index >= 15 is 0 Å². The summed E-state index contributed by atoms with van der Waals surface area (Å²) in [6, 6.07) is 89.2. The van der Waals surface area contributed by atoms with Crippen molar-refractivity contribution < 1.29 is 25.8 Å². The average Bonchev–Trinajstić information content (AvgIpc) is 4.34. The zero-order valence-electron chi connectivity index (χ0n) is 43.6. The van der Waals surface area contributed by atoms with Crippen LogP contribution in [-0.2, 0) is 26.5 Å². The maximum atomic E-state index is 6.81. The summed E-state index contributed by atoms with van der Waals surface area (Å²) in [7, 11) is 0. The van der Waals surface area contributed by atoms with Gasteiger partial charge in [-0.2, -0.15) is 12.1 Å². The smallest absolute Gasteiger partial charge is 0.135 e. The molecule has 78 heavy (non-hydrogen) atoms. The molecule has 1 aliphatic rings. The SMILES string of the molecule is Cc1cc(-n2c3[c-]c(Oc4[c-]c(N5[CH-]N(c6cccc(C(C)(C)C)c6)c6c(-c7ccccc7)cccc65)ccc4)ccc3c3cc(-c4ccccc4)ccc32)ncc1-c1cccc(-n2c3ccccc3c3ccccc32)c1.[Pt]. The number of nitrogens with zero attached hydrogens (tertiary/aromatic N) is 5. The molecule has 6 nitrogen and oxygen atoms in total. The maximum absolute atomic E-state index is 6.81. The van der Waals surface area contributed by atoms with E-state index in [1.54, 1.807) is 0 Å². The number of fused-ring (bicyclic) bond motifs is 7. The summed E-state index contributed by atoms with van der Waals surface area (Å²) in [6.07, 6.45) is 2.02. The van der Waals surface area contributed by atoms with Crippen molar-refractivity contribution in [3.63, 3.8) is 0 Å². The number of ether oxygens (including phenoxy) is 1. The van der Waals surface area contributed by atoms with E-state index in [-0.39, 0.29) is 26.5 Å². The molecule has 3 aromatic heterocycles. The second-order valence-corrected chi connectivity index (χ2v) is 21.0. The van der Waals surface area contributed by atoms with Gasteiger partial charge in [0.25, 0.3) is 0 Å². The molecular weight excluding hydrogens is 1130 g/mol. The molecule has 0 atom stereocenters. The van der Waals surface area contributed by atoms with Crippen molar-refractivity contribution in [1.29, 1.82) is 0 Å². The fraction of sp³-hybridized carbons (Fsp3) is 0.0704. The predicted octanol–water partition coefficient (Wildman–Crippen LogP) is 18.7. The van der Waals surface area contributed by atoms with Gasteiger partial charge in [-0.3, -0.25) is 0 Å². The average molecular weight is 1190 g/mol. The number of benzene rings is 10. The molecule has 0 saturated carbocycles.